The molecule has 3 nitrogen and oxygen atoms in total. The zero-order valence-electron chi connectivity index (χ0n) is 7.86. The van der Waals surface area contributed by atoms with Crippen molar-refractivity contribution in [1.29, 1.82) is 0 Å². The van der Waals surface area contributed by atoms with Crippen LogP contribution >= 0.6 is 0 Å². The van der Waals surface area contributed by atoms with E-state index in [1.165, 1.54) is 0 Å². The summed E-state index contributed by atoms with van der Waals surface area (Å²) in [6, 6.07) is 7.23. The Labute approximate surface area is 85.4 Å². The molecule has 0 radical (unpaired) electrons. The minimum atomic E-state index is -2.02. The third-order valence-corrected chi connectivity index (χ3v) is 3.92. The first-order valence-corrected chi connectivity index (χ1v) is 5.50. The van der Waals surface area contributed by atoms with E-state index in [0.717, 1.165) is 24.2 Å². The SMILES string of the molecule is COc1ccc(C2(S(=O)[O-])CC2)cc1. The smallest absolute Gasteiger partial charge is 0.118 e. The van der Waals surface area contributed by atoms with Crippen molar-refractivity contribution in [3.63, 3.8) is 0 Å². The Kier molecular flexibility index (Phi) is 2.33. The van der Waals surface area contributed by atoms with Gasteiger partial charge in [0, 0.05) is 0 Å². The molecule has 1 aliphatic rings. The molecular formula is C10H11O3S-. The zero-order chi connectivity index (χ0) is 10.2. The van der Waals surface area contributed by atoms with E-state index >= 15 is 0 Å². The summed E-state index contributed by atoms with van der Waals surface area (Å²) in [6.07, 6.45) is 1.46. The van der Waals surface area contributed by atoms with E-state index in [1.807, 2.05) is 12.1 Å². The Hall–Kier alpha value is -0.870. The lowest BCUT2D eigenvalue weighted by Crippen LogP contribution is -2.13. The van der Waals surface area contributed by atoms with Gasteiger partial charge in [-0.1, -0.05) is 12.1 Å². The molecule has 0 bridgehead atoms. The molecule has 0 aliphatic heterocycles. The van der Waals surface area contributed by atoms with Gasteiger partial charge < -0.3 is 9.29 Å². The molecule has 0 N–H and O–H groups in total. The maximum Gasteiger partial charge on any atom is 0.118 e. The number of methoxy groups -OCH3 is 1. The highest BCUT2D eigenvalue weighted by molar-refractivity contribution is 7.80. The van der Waals surface area contributed by atoms with Gasteiger partial charge in [0.05, 0.1) is 11.9 Å². The van der Waals surface area contributed by atoms with E-state index in [1.54, 1.807) is 19.2 Å². The van der Waals surface area contributed by atoms with Crippen molar-refractivity contribution in [2.45, 2.75) is 17.6 Å². The normalized spacial score (nSPS) is 20.1. The second kappa shape index (κ2) is 3.37. The highest BCUT2D eigenvalue weighted by Gasteiger charge is 2.45. The zero-order valence-corrected chi connectivity index (χ0v) is 8.67. The Morgan fingerprint density at radius 3 is 2.29 bits per heavy atom. The van der Waals surface area contributed by atoms with Crippen LogP contribution < -0.4 is 4.74 Å². The van der Waals surface area contributed by atoms with Crippen molar-refractivity contribution >= 4 is 11.1 Å². The largest absolute Gasteiger partial charge is 0.772 e. The van der Waals surface area contributed by atoms with E-state index in [0.29, 0.717) is 0 Å². The molecule has 2 rings (SSSR count). The van der Waals surface area contributed by atoms with Crippen molar-refractivity contribution in [3.05, 3.63) is 29.8 Å². The van der Waals surface area contributed by atoms with Crippen LogP contribution in [0.1, 0.15) is 18.4 Å². The first-order chi connectivity index (χ1) is 6.69. The third kappa shape index (κ3) is 1.44. The van der Waals surface area contributed by atoms with E-state index < -0.39 is 15.8 Å². The van der Waals surface area contributed by atoms with Gasteiger partial charge in [-0.15, -0.1) is 0 Å². The van der Waals surface area contributed by atoms with Gasteiger partial charge in [0.2, 0.25) is 0 Å². The summed E-state index contributed by atoms with van der Waals surface area (Å²) in [5.41, 5.74) is 0.867. The van der Waals surface area contributed by atoms with Gasteiger partial charge >= 0.3 is 0 Å². The van der Waals surface area contributed by atoms with Crippen LogP contribution in [-0.4, -0.2) is 15.9 Å². The lowest BCUT2D eigenvalue weighted by atomic mass is 10.1. The van der Waals surface area contributed by atoms with Gasteiger partial charge in [-0.25, -0.2) is 0 Å². The van der Waals surface area contributed by atoms with Crippen LogP contribution in [0.2, 0.25) is 0 Å². The van der Waals surface area contributed by atoms with Gasteiger partial charge in [-0.3, -0.25) is 4.21 Å². The molecule has 0 heterocycles. The maximum atomic E-state index is 11.0. The number of hydrogen-bond acceptors (Lipinski definition) is 3. The summed E-state index contributed by atoms with van der Waals surface area (Å²) in [7, 11) is 1.59. The molecule has 0 saturated heterocycles. The molecule has 14 heavy (non-hydrogen) atoms. The summed E-state index contributed by atoms with van der Waals surface area (Å²) in [4.78, 5) is 0. The fourth-order valence-electron chi connectivity index (χ4n) is 1.56. The Morgan fingerprint density at radius 2 is 1.93 bits per heavy atom. The van der Waals surface area contributed by atoms with E-state index in [9.17, 15) is 8.76 Å². The predicted octanol–water partition coefficient (Wildman–Crippen LogP) is 1.56. The van der Waals surface area contributed by atoms with E-state index in [4.69, 9.17) is 4.74 Å². The summed E-state index contributed by atoms with van der Waals surface area (Å²) in [5, 5.41) is 0. The van der Waals surface area contributed by atoms with Crippen LogP contribution in [0.5, 0.6) is 5.75 Å². The molecule has 1 aromatic rings. The van der Waals surface area contributed by atoms with E-state index in [2.05, 4.69) is 0 Å². The summed E-state index contributed by atoms with van der Waals surface area (Å²) in [5.74, 6) is 0.751. The van der Waals surface area contributed by atoms with Crippen molar-refractivity contribution in [2.75, 3.05) is 7.11 Å². The van der Waals surface area contributed by atoms with Crippen LogP contribution in [0.15, 0.2) is 24.3 Å². The highest BCUT2D eigenvalue weighted by Crippen LogP contribution is 2.50. The van der Waals surface area contributed by atoms with E-state index in [-0.39, 0.29) is 0 Å². The summed E-state index contributed by atoms with van der Waals surface area (Å²) >= 11 is -2.02. The van der Waals surface area contributed by atoms with Crippen molar-refractivity contribution in [3.8, 4) is 5.75 Å². The second-order valence-corrected chi connectivity index (χ2v) is 4.71. The standard InChI is InChI=1S/C10H12O3S/c1-13-9-4-2-8(3-5-9)10(6-7-10)14(11)12/h2-5H,6-7H2,1H3,(H,11,12)/p-1. The number of benzene rings is 1. The van der Waals surface area contributed by atoms with Crippen LogP contribution in [-0.2, 0) is 15.8 Å². The van der Waals surface area contributed by atoms with Gasteiger partial charge in [-0.2, -0.15) is 0 Å². The average molecular weight is 211 g/mol. The monoisotopic (exact) mass is 211 g/mol. The molecule has 1 fully saturated rings. The molecule has 76 valence electrons. The van der Waals surface area contributed by atoms with Crippen LogP contribution in [0.4, 0.5) is 0 Å². The molecule has 1 saturated carbocycles. The fraction of sp³-hybridized carbons (Fsp3) is 0.400. The van der Waals surface area contributed by atoms with Gasteiger partial charge in [0.25, 0.3) is 0 Å². The van der Waals surface area contributed by atoms with Crippen molar-refractivity contribution in [2.24, 2.45) is 0 Å². The van der Waals surface area contributed by atoms with Gasteiger partial charge in [-0.05, 0) is 41.6 Å². The topological polar surface area (TPSA) is 49.4 Å². The fourth-order valence-corrected chi connectivity index (χ4v) is 2.32. The quantitative estimate of drug-likeness (QED) is 0.713. The lowest BCUT2D eigenvalue weighted by molar-refractivity contribution is 0.414. The predicted molar refractivity (Wildman–Crippen MR) is 52.8 cm³/mol. The maximum absolute atomic E-state index is 11.0. The number of hydrogen-bond donors (Lipinski definition) is 0. The van der Waals surface area contributed by atoms with Gasteiger partial charge in [0.1, 0.15) is 5.75 Å². The molecule has 1 aliphatic carbocycles. The molecule has 1 unspecified atom stereocenters. The highest BCUT2D eigenvalue weighted by atomic mass is 32.2. The number of rotatable bonds is 3. The minimum absolute atomic E-state index is 0.605. The molecule has 0 aromatic heterocycles. The minimum Gasteiger partial charge on any atom is -0.772 e. The Bertz CT molecular complexity index is 354. The second-order valence-electron chi connectivity index (χ2n) is 3.46. The average Bonchev–Trinajstić information content (AvgIpc) is 2.99. The third-order valence-electron chi connectivity index (χ3n) is 2.64. The molecular weight excluding hydrogens is 200 g/mol. The Balaban J connectivity index is 2.29. The van der Waals surface area contributed by atoms with Crippen LogP contribution in [0.25, 0.3) is 0 Å². The van der Waals surface area contributed by atoms with Crippen LogP contribution in [0.3, 0.4) is 0 Å². The number of ether oxygens (including phenoxy) is 1. The summed E-state index contributed by atoms with van der Waals surface area (Å²) < 4.78 is 26.4. The molecule has 1 atom stereocenters. The molecule has 4 heteroatoms. The first-order valence-electron chi connectivity index (χ1n) is 4.43. The molecule has 1 aromatic carbocycles. The van der Waals surface area contributed by atoms with Crippen LogP contribution in [0, 0.1) is 0 Å². The van der Waals surface area contributed by atoms with Crippen molar-refractivity contribution < 1.29 is 13.5 Å². The van der Waals surface area contributed by atoms with Gasteiger partial charge in [0.15, 0.2) is 0 Å². The summed E-state index contributed by atoms with van der Waals surface area (Å²) in [6.45, 7) is 0. The Morgan fingerprint density at radius 1 is 1.36 bits per heavy atom. The lowest BCUT2D eigenvalue weighted by Gasteiger charge is -2.18. The molecule has 0 amide bonds. The molecule has 0 spiro atoms. The first kappa shape index (κ1) is 9.68. The van der Waals surface area contributed by atoms with Crippen molar-refractivity contribution in [1.82, 2.24) is 0 Å².